The van der Waals surface area contributed by atoms with Crippen LogP contribution in [0.5, 0.6) is 0 Å². The highest BCUT2D eigenvalue weighted by molar-refractivity contribution is 7.90. The van der Waals surface area contributed by atoms with E-state index in [1.807, 2.05) is 0 Å². The molecule has 1 rings (SSSR count). The van der Waals surface area contributed by atoms with Gasteiger partial charge < -0.3 is 0 Å². The van der Waals surface area contributed by atoms with Gasteiger partial charge in [0.05, 0.1) is 0 Å². The summed E-state index contributed by atoms with van der Waals surface area (Å²) in [6, 6.07) is 0. The monoisotopic (exact) mass is 287 g/mol. The van der Waals surface area contributed by atoms with Crippen LogP contribution in [0.3, 0.4) is 0 Å². The summed E-state index contributed by atoms with van der Waals surface area (Å²) in [6.07, 6.45) is 3.56. The number of halogens is 3. The molecule has 1 N–H and O–H groups in total. The van der Waals surface area contributed by atoms with Crippen LogP contribution in [0.15, 0.2) is 0 Å². The van der Waals surface area contributed by atoms with Gasteiger partial charge in [0.25, 0.3) is 0 Å². The van der Waals surface area contributed by atoms with Crippen LogP contribution in [0, 0.1) is 5.92 Å². The summed E-state index contributed by atoms with van der Waals surface area (Å²) in [5.74, 6) is 0.544. The smallest absolute Gasteiger partial charge is 0.300 e. The Hall–Kier alpha value is -0.630. The fourth-order valence-corrected chi connectivity index (χ4v) is 2.54. The zero-order chi connectivity index (χ0) is 13.8. The van der Waals surface area contributed by atoms with E-state index in [4.69, 9.17) is 0 Å². The van der Waals surface area contributed by atoms with Crippen LogP contribution in [0.1, 0.15) is 38.5 Å². The number of ketones is 1. The maximum absolute atomic E-state index is 12.0. The van der Waals surface area contributed by atoms with Crippen molar-refractivity contribution in [3.8, 4) is 0 Å². The zero-order valence-corrected chi connectivity index (χ0v) is 10.6. The van der Waals surface area contributed by atoms with Crippen molar-refractivity contribution >= 4 is 15.8 Å². The van der Waals surface area contributed by atoms with Gasteiger partial charge in [-0.2, -0.15) is 13.2 Å². The molecule has 0 aliphatic heterocycles. The van der Waals surface area contributed by atoms with Crippen molar-refractivity contribution in [3.05, 3.63) is 0 Å². The lowest BCUT2D eigenvalue weighted by molar-refractivity contribution is -0.121. The Morgan fingerprint density at radius 1 is 1.22 bits per heavy atom. The minimum absolute atomic E-state index is 0.216. The first kappa shape index (κ1) is 15.4. The van der Waals surface area contributed by atoms with E-state index in [1.54, 1.807) is 0 Å². The third-order valence-electron chi connectivity index (χ3n) is 3.05. The second kappa shape index (κ2) is 6.01. The molecule has 4 nitrogen and oxygen atoms in total. The summed E-state index contributed by atoms with van der Waals surface area (Å²) in [6.45, 7) is -0.216. The van der Waals surface area contributed by atoms with E-state index in [1.165, 1.54) is 4.72 Å². The Morgan fingerprint density at radius 3 is 2.28 bits per heavy atom. The Labute approximate surface area is 104 Å². The molecule has 1 aliphatic carbocycles. The Morgan fingerprint density at radius 2 is 1.78 bits per heavy atom. The maximum Gasteiger partial charge on any atom is 0.511 e. The molecule has 0 amide bonds. The number of Topliss-reactive ketones (excluding diaryl/α,β-unsaturated/α-hetero) is 1. The minimum Gasteiger partial charge on any atom is -0.300 e. The average Bonchev–Trinajstić information content (AvgIpc) is 2.25. The molecule has 0 unspecified atom stereocenters. The minimum atomic E-state index is -5.25. The molecule has 1 fully saturated rings. The number of hydrogen-bond donors (Lipinski definition) is 1. The van der Waals surface area contributed by atoms with E-state index in [-0.39, 0.29) is 12.3 Å². The Kier molecular flexibility index (Phi) is 5.15. The van der Waals surface area contributed by atoms with Gasteiger partial charge in [-0.15, -0.1) is 0 Å². The number of alkyl halides is 3. The summed E-state index contributed by atoms with van der Waals surface area (Å²) in [4.78, 5) is 11.0. The highest BCUT2D eigenvalue weighted by Crippen LogP contribution is 2.25. The van der Waals surface area contributed by atoms with Crippen molar-refractivity contribution in [1.82, 2.24) is 4.72 Å². The number of sulfonamides is 1. The molecule has 0 aromatic rings. The van der Waals surface area contributed by atoms with E-state index >= 15 is 0 Å². The summed E-state index contributed by atoms with van der Waals surface area (Å²) in [5, 5.41) is 0. The first-order valence-electron chi connectivity index (χ1n) is 5.80. The normalized spacial score (nSPS) is 19.2. The maximum atomic E-state index is 12.0. The molecular formula is C10H16F3NO3S. The lowest BCUT2D eigenvalue weighted by atomic mass is 9.85. The molecule has 0 radical (unpaired) electrons. The van der Waals surface area contributed by atoms with E-state index < -0.39 is 15.5 Å². The van der Waals surface area contributed by atoms with Gasteiger partial charge in [0.2, 0.25) is 0 Å². The van der Waals surface area contributed by atoms with Gasteiger partial charge in [-0.05, 0) is 31.6 Å². The first-order valence-corrected chi connectivity index (χ1v) is 7.28. The SMILES string of the molecule is O=C1CCC(CCCNS(=O)(=O)C(F)(F)F)CC1. The fourth-order valence-electron chi connectivity index (χ4n) is 1.97. The molecule has 1 saturated carbocycles. The average molecular weight is 287 g/mol. The number of hydrogen-bond acceptors (Lipinski definition) is 3. The molecule has 0 spiro atoms. The van der Waals surface area contributed by atoms with Crippen molar-refractivity contribution in [1.29, 1.82) is 0 Å². The van der Waals surface area contributed by atoms with Crippen molar-refractivity contribution in [2.45, 2.75) is 44.0 Å². The Balaban J connectivity index is 2.21. The largest absolute Gasteiger partial charge is 0.511 e. The van der Waals surface area contributed by atoms with Gasteiger partial charge in [0.15, 0.2) is 0 Å². The van der Waals surface area contributed by atoms with Gasteiger partial charge in [0.1, 0.15) is 5.78 Å². The van der Waals surface area contributed by atoms with Crippen LogP contribution < -0.4 is 4.72 Å². The van der Waals surface area contributed by atoms with Crippen LogP contribution in [-0.4, -0.2) is 26.3 Å². The molecule has 0 atom stereocenters. The fraction of sp³-hybridized carbons (Fsp3) is 0.900. The molecule has 106 valence electrons. The molecule has 0 aromatic carbocycles. The number of carbonyl (C=O) groups is 1. The van der Waals surface area contributed by atoms with Gasteiger partial charge in [-0.1, -0.05) is 0 Å². The molecule has 0 saturated heterocycles. The highest BCUT2D eigenvalue weighted by Gasteiger charge is 2.45. The van der Waals surface area contributed by atoms with Crippen molar-refractivity contribution in [2.24, 2.45) is 5.92 Å². The van der Waals surface area contributed by atoms with Crippen LogP contribution in [0.2, 0.25) is 0 Å². The van der Waals surface area contributed by atoms with Crippen molar-refractivity contribution in [3.63, 3.8) is 0 Å². The molecule has 0 aromatic heterocycles. The summed E-state index contributed by atoms with van der Waals surface area (Å²) >= 11 is 0. The Bertz CT molecular complexity index is 382. The third-order valence-corrected chi connectivity index (χ3v) is 4.24. The van der Waals surface area contributed by atoms with E-state index in [2.05, 4.69) is 0 Å². The molecule has 0 bridgehead atoms. The number of nitrogens with one attached hydrogen (secondary N) is 1. The zero-order valence-electron chi connectivity index (χ0n) is 9.79. The first-order chi connectivity index (χ1) is 8.22. The highest BCUT2D eigenvalue weighted by atomic mass is 32.2. The lowest BCUT2D eigenvalue weighted by Gasteiger charge is -2.20. The third kappa shape index (κ3) is 4.56. The van der Waals surface area contributed by atoms with E-state index in [9.17, 15) is 26.4 Å². The van der Waals surface area contributed by atoms with Crippen molar-refractivity contribution < 1.29 is 26.4 Å². The number of carbonyl (C=O) groups excluding carboxylic acids is 1. The van der Waals surface area contributed by atoms with Gasteiger partial charge in [0, 0.05) is 19.4 Å². The molecular weight excluding hydrogens is 271 g/mol. The lowest BCUT2D eigenvalue weighted by Crippen LogP contribution is -2.37. The van der Waals surface area contributed by atoms with Gasteiger partial charge in [-0.25, -0.2) is 13.1 Å². The summed E-state index contributed by atoms with van der Waals surface area (Å²) in [5.41, 5.74) is -5.25. The molecule has 1 aliphatic rings. The second-order valence-corrected chi connectivity index (χ2v) is 6.23. The standard InChI is InChI=1S/C10H16F3NO3S/c11-10(12,13)18(16,17)14-7-1-2-8-3-5-9(15)6-4-8/h8,14H,1-7H2. The predicted molar refractivity (Wildman–Crippen MR) is 59.2 cm³/mol. The molecule has 0 heterocycles. The van der Waals surface area contributed by atoms with E-state index in [0.29, 0.717) is 31.6 Å². The van der Waals surface area contributed by atoms with Crippen LogP contribution in [0.4, 0.5) is 13.2 Å². The predicted octanol–water partition coefficient (Wildman–Crippen LogP) is 1.97. The van der Waals surface area contributed by atoms with Gasteiger partial charge in [-0.3, -0.25) is 4.79 Å². The quantitative estimate of drug-likeness (QED) is 0.786. The molecule has 18 heavy (non-hydrogen) atoms. The van der Waals surface area contributed by atoms with Crippen LogP contribution in [0.25, 0.3) is 0 Å². The van der Waals surface area contributed by atoms with Gasteiger partial charge >= 0.3 is 15.5 Å². The van der Waals surface area contributed by atoms with Crippen LogP contribution >= 0.6 is 0 Å². The molecule has 8 heteroatoms. The van der Waals surface area contributed by atoms with Crippen LogP contribution in [-0.2, 0) is 14.8 Å². The summed E-state index contributed by atoms with van der Waals surface area (Å²) in [7, 11) is -5.21. The number of rotatable bonds is 5. The summed E-state index contributed by atoms with van der Waals surface area (Å²) < 4.78 is 58.8. The van der Waals surface area contributed by atoms with E-state index in [0.717, 1.165) is 12.8 Å². The second-order valence-electron chi connectivity index (χ2n) is 4.47. The topological polar surface area (TPSA) is 63.2 Å². The van der Waals surface area contributed by atoms with Crippen molar-refractivity contribution in [2.75, 3.05) is 6.54 Å².